The molecule has 0 aromatic heterocycles. The second-order valence-corrected chi connectivity index (χ2v) is 2.92. The summed E-state index contributed by atoms with van der Waals surface area (Å²) in [6, 6.07) is 0. The smallest absolute Gasteiger partial charge is 0.336 e. The van der Waals surface area contributed by atoms with Gasteiger partial charge in [0.25, 0.3) is 0 Å². The minimum Gasteiger partial charge on any atom is -0.466 e. The zero-order valence-electron chi connectivity index (χ0n) is 7.23. The predicted octanol–water partition coefficient (Wildman–Crippen LogP) is 0.745. The van der Waals surface area contributed by atoms with Gasteiger partial charge in [-0.05, 0) is 12.5 Å². The number of fused-ring (bicyclic) bond motifs is 2. The van der Waals surface area contributed by atoms with Crippen molar-refractivity contribution in [2.75, 3.05) is 7.11 Å². The first-order chi connectivity index (χ1) is 6.31. The number of hydrogen-bond donors (Lipinski definition) is 0. The quantitative estimate of drug-likeness (QED) is 0.341. The number of rotatable bonds is 1. The van der Waals surface area contributed by atoms with Gasteiger partial charge in [0.1, 0.15) is 12.2 Å². The van der Waals surface area contributed by atoms with Gasteiger partial charge in [-0.15, -0.1) is 0 Å². The van der Waals surface area contributed by atoms with Gasteiger partial charge in [0.2, 0.25) is 0 Å². The molecule has 3 rings (SSSR count). The Bertz CT molecular complexity index is 279. The molecule has 70 valence electrons. The molecule has 0 saturated carbocycles. The largest absolute Gasteiger partial charge is 0.466 e. The number of ether oxygens (including phenoxy) is 1. The van der Waals surface area contributed by atoms with Crippen molar-refractivity contribution >= 4 is 5.97 Å². The van der Waals surface area contributed by atoms with Crippen molar-refractivity contribution in [3.8, 4) is 0 Å². The summed E-state index contributed by atoms with van der Waals surface area (Å²) in [6.45, 7) is 0. The van der Waals surface area contributed by atoms with Crippen molar-refractivity contribution in [3.05, 3.63) is 23.8 Å². The van der Waals surface area contributed by atoms with Crippen LogP contribution >= 0.6 is 0 Å². The molecule has 2 aliphatic heterocycles. The first-order valence-corrected chi connectivity index (χ1v) is 4.10. The van der Waals surface area contributed by atoms with E-state index in [0.29, 0.717) is 12.0 Å². The molecule has 0 spiro atoms. The Balaban J connectivity index is 2.25. The summed E-state index contributed by atoms with van der Waals surface area (Å²) in [5.41, 5.74) is 0.545. The van der Waals surface area contributed by atoms with Gasteiger partial charge in [-0.25, -0.2) is 14.6 Å². The van der Waals surface area contributed by atoms with Crippen molar-refractivity contribution in [2.45, 2.75) is 18.6 Å². The van der Waals surface area contributed by atoms with Crippen molar-refractivity contribution < 1.29 is 19.3 Å². The second-order valence-electron chi connectivity index (χ2n) is 2.92. The zero-order chi connectivity index (χ0) is 9.26. The van der Waals surface area contributed by atoms with Crippen LogP contribution in [-0.2, 0) is 19.3 Å². The second kappa shape index (κ2) is 3.32. The Kier molecular flexibility index (Phi) is 2.16. The SMILES string of the molecule is COC(=O)C1=CC2C=CCC1OO2. The fraction of sp³-hybridized carbons (Fsp3) is 0.444. The number of esters is 1. The van der Waals surface area contributed by atoms with Crippen LogP contribution in [0, 0.1) is 0 Å². The number of carbonyl (C=O) groups excluding carboxylic acids is 1. The van der Waals surface area contributed by atoms with E-state index < -0.39 is 0 Å². The first kappa shape index (κ1) is 8.47. The highest BCUT2D eigenvalue weighted by Gasteiger charge is 2.30. The maximum atomic E-state index is 11.3. The van der Waals surface area contributed by atoms with E-state index in [0.717, 1.165) is 0 Å². The summed E-state index contributed by atoms with van der Waals surface area (Å²) in [5, 5.41) is 0. The predicted molar refractivity (Wildman–Crippen MR) is 43.6 cm³/mol. The minimum absolute atomic E-state index is 0.257. The molecule has 2 bridgehead atoms. The Labute approximate surface area is 75.7 Å². The van der Waals surface area contributed by atoms with Crippen LogP contribution in [0.15, 0.2) is 23.8 Å². The molecule has 0 saturated heterocycles. The van der Waals surface area contributed by atoms with Gasteiger partial charge >= 0.3 is 5.97 Å². The lowest BCUT2D eigenvalue weighted by Crippen LogP contribution is -2.28. The molecule has 0 amide bonds. The highest BCUT2D eigenvalue weighted by Crippen LogP contribution is 2.25. The van der Waals surface area contributed by atoms with E-state index in [4.69, 9.17) is 9.78 Å². The Morgan fingerprint density at radius 3 is 3.23 bits per heavy atom. The van der Waals surface area contributed by atoms with Crippen LogP contribution in [0.3, 0.4) is 0 Å². The Hall–Kier alpha value is -1.13. The van der Waals surface area contributed by atoms with Crippen LogP contribution in [-0.4, -0.2) is 25.3 Å². The molecule has 2 heterocycles. The summed E-state index contributed by atoms with van der Waals surface area (Å²) in [5.74, 6) is -0.345. The Morgan fingerprint density at radius 1 is 1.62 bits per heavy atom. The minimum atomic E-state index is -0.345. The van der Waals surface area contributed by atoms with Gasteiger partial charge < -0.3 is 4.74 Å². The van der Waals surface area contributed by atoms with E-state index in [2.05, 4.69) is 4.74 Å². The third kappa shape index (κ3) is 1.50. The molecule has 0 aromatic rings. The van der Waals surface area contributed by atoms with Crippen LogP contribution in [0.1, 0.15) is 6.42 Å². The molecule has 0 aromatic carbocycles. The van der Waals surface area contributed by atoms with Gasteiger partial charge in [-0.2, -0.15) is 0 Å². The fourth-order valence-corrected chi connectivity index (χ4v) is 1.40. The molecule has 2 unspecified atom stereocenters. The number of hydrogen-bond acceptors (Lipinski definition) is 4. The summed E-state index contributed by atoms with van der Waals surface area (Å²) in [7, 11) is 1.36. The fourth-order valence-electron chi connectivity index (χ4n) is 1.40. The molecular formula is C9H10O4. The van der Waals surface area contributed by atoms with E-state index in [1.165, 1.54) is 7.11 Å². The highest BCUT2D eigenvalue weighted by molar-refractivity contribution is 5.89. The molecule has 4 nitrogen and oxygen atoms in total. The summed E-state index contributed by atoms with van der Waals surface area (Å²) in [6.07, 6.45) is 5.60. The monoisotopic (exact) mass is 182 g/mol. The third-order valence-electron chi connectivity index (χ3n) is 2.07. The van der Waals surface area contributed by atoms with Crippen LogP contribution in [0.5, 0.6) is 0 Å². The van der Waals surface area contributed by atoms with Crippen molar-refractivity contribution in [3.63, 3.8) is 0 Å². The van der Waals surface area contributed by atoms with E-state index >= 15 is 0 Å². The van der Waals surface area contributed by atoms with Gasteiger partial charge in [-0.3, -0.25) is 0 Å². The van der Waals surface area contributed by atoms with E-state index in [-0.39, 0.29) is 18.2 Å². The maximum Gasteiger partial charge on any atom is 0.336 e. The van der Waals surface area contributed by atoms with Crippen molar-refractivity contribution in [2.24, 2.45) is 0 Å². The maximum absolute atomic E-state index is 11.3. The third-order valence-corrected chi connectivity index (χ3v) is 2.07. The van der Waals surface area contributed by atoms with E-state index in [1.54, 1.807) is 6.08 Å². The zero-order valence-corrected chi connectivity index (χ0v) is 7.23. The molecular weight excluding hydrogens is 172 g/mol. The lowest BCUT2D eigenvalue weighted by atomic mass is 10.1. The molecule has 3 aliphatic rings. The summed E-state index contributed by atoms with van der Waals surface area (Å²) < 4.78 is 4.63. The standard InChI is InChI=1S/C9H10O4/c1-11-9(10)7-5-6-3-2-4-8(7)13-12-6/h2-3,5-6,8H,4H2,1H3. The molecule has 13 heavy (non-hydrogen) atoms. The molecule has 2 atom stereocenters. The lowest BCUT2D eigenvalue weighted by molar-refractivity contribution is -0.329. The average molecular weight is 182 g/mol. The lowest BCUT2D eigenvalue weighted by Gasteiger charge is -2.21. The van der Waals surface area contributed by atoms with Gasteiger partial charge in [-0.1, -0.05) is 12.2 Å². The number of carbonyl (C=O) groups is 1. The van der Waals surface area contributed by atoms with Crippen molar-refractivity contribution in [1.29, 1.82) is 0 Å². The Morgan fingerprint density at radius 2 is 2.46 bits per heavy atom. The number of methoxy groups -OCH3 is 1. The molecule has 0 N–H and O–H groups in total. The van der Waals surface area contributed by atoms with Crippen LogP contribution in [0.2, 0.25) is 0 Å². The normalized spacial score (nSPS) is 31.0. The van der Waals surface area contributed by atoms with Crippen LogP contribution in [0.4, 0.5) is 0 Å². The molecule has 1 aliphatic carbocycles. The van der Waals surface area contributed by atoms with Gasteiger partial charge in [0.15, 0.2) is 0 Å². The van der Waals surface area contributed by atoms with Crippen LogP contribution in [0.25, 0.3) is 0 Å². The van der Waals surface area contributed by atoms with Crippen molar-refractivity contribution in [1.82, 2.24) is 0 Å². The van der Waals surface area contributed by atoms with E-state index in [1.807, 2.05) is 12.2 Å². The molecule has 0 radical (unpaired) electrons. The molecule has 4 heteroatoms. The summed E-state index contributed by atoms with van der Waals surface area (Å²) in [4.78, 5) is 21.2. The van der Waals surface area contributed by atoms with Gasteiger partial charge in [0, 0.05) is 0 Å². The summed E-state index contributed by atoms with van der Waals surface area (Å²) >= 11 is 0. The first-order valence-electron chi connectivity index (χ1n) is 4.10. The average Bonchev–Trinajstić information content (AvgIpc) is 2.50. The highest BCUT2D eigenvalue weighted by atomic mass is 17.2. The topological polar surface area (TPSA) is 44.8 Å². The van der Waals surface area contributed by atoms with Crippen LogP contribution < -0.4 is 0 Å². The van der Waals surface area contributed by atoms with E-state index in [9.17, 15) is 4.79 Å². The van der Waals surface area contributed by atoms with Gasteiger partial charge in [0.05, 0.1) is 12.7 Å². The molecule has 0 fully saturated rings.